The molecule has 0 saturated carbocycles. The van der Waals surface area contributed by atoms with Crippen molar-refractivity contribution in [3.63, 3.8) is 0 Å². The van der Waals surface area contributed by atoms with Gasteiger partial charge in [0.1, 0.15) is 0 Å². The van der Waals surface area contributed by atoms with Crippen molar-refractivity contribution in [3.05, 3.63) is 37.1 Å². The summed E-state index contributed by atoms with van der Waals surface area (Å²) in [4.78, 5) is 22.6. The normalized spacial score (nSPS) is 13.9. The third-order valence-electron chi connectivity index (χ3n) is 2.36. The molecule has 0 N–H and O–H groups in total. The van der Waals surface area contributed by atoms with Gasteiger partial charge < -0.3 is 9.47 Å². The zero-order valence-electron chi connectivity index (χ0n) is 11.8. The summed E-state index contributed by atoms with van der Waals surface area (Å²) < 4.78 is 10.3. The van der Waals surface area contributed by atoms with Crippen molar-refractivity contribution in [1.29, 1.82) is 0 Å². The maximum Gasteiger partial charge on any atom is 0.329 e. The van der Waals surface area contributed by atoms with Crippen LogP contribution in [-0.4, -0.2) is 32.5 Å². The largest absolute Gasteiger partial charge is 0.469 e. The van der Waals surface area contributed by atoms with E-state index >= 15 is 0 Å². The monoisotopic (exact) mass is 282 g/mol. The van der Waals surface area contributed by atoms with E-state index in [0.29, 0.717) is 0 Å². The molecule has 19 heavy (non-hydrogen) atoms. The molecular formula is C14H22O4Si. The zero-order valence-corrected chi connectivity index (χ0v) is 12.8. The minimum Gasteiger partial charge on any atom is -0.469 e. The first kappa shape index (κ1) is 17.4. The molecule has 0 saturated heterocycles. The van der Waals surface area contributed by atoms with Crippen molar-refractivity contribution in [2.45, 2.75) is 20.4 Å². The van der Waals surface area contributed by atoms with Gasteiger partial charge in [-0.15, -0.1) is 0 Å². The minimum absolute atomic E-state index is 0.169. The lowest BCUT2D eigenvalue weighted by atomic mass is 10.2. The van der Waals surface area contributed by atoms with Gasteiger partial charge in [0, 0.05) is 6.08 Å². The average Bonchev–Trinajstić information content (AvgIpc) is 2.39. The summed E-state index contributed by atoms with van der Waals surface area (Å²) in [6, 6.07) is 0. The molecule has 5 heteroatoms. The van der Waals surface area contributed by atoms with Gasteiger partial charge in [-0.25, -0.2) is 4.79 Å². The van der Waals surface area contributed by atoms with Crippen LogP contribution < -0.4 is 0 Å². The van der Waals surface area contributed by atoms with E-state index in [0.717, 1.165) is 6.08 Å². The Hall–Kier alpha value is -1.62. The van der Waals surface area contributed by atoms with Crippen LogP contribution in [0.1, 0.15) is 13.8 Å². The van der Waals surface area contributed by atoms with Crippen LogP contribution in [0.4, 0.5) is 0 Å². The molecule has 0 aliphatic heterocycles. The Bertz CT molecular complexity index is 374. The van der Waals surface area contributed by atoms with Crippen molar-refractivity contribution in [3.8, 4) is 0 Å². The second-order valence-corrected chi connectivity index (χ2v) is 9.04. The molecule has 0 radical (unpaired) electrons. The van der Waals surface area contributed by atoms with Gasteiger partial charge >= 0.3 is 11.9 Å². The molecule has 106 valence electrons. The quantitative estimate of drug-likeness (QED) is 0.297. The summed E-state index contributed by atoms with van der Waals surface area (Å²) in [5.74, 6) is -0.890. The van der Waals surface area contributed by atoms with Gasteiger partial charge in [0.15, 0.2) is 8.07 Å². The molecule has 0 aliphatic rings. The van der Waals surface area contributed by atoms with Crippen molar-refractivity contribution >= 4 is 20.0 Å². The lowest BCUT2D eigenvalue weighted by molar-refractivity contribution is -0.145. The molecule has 4 nitrogen and oxygen atoms in total. The second-order valence-electron chi connectivity index (χ2n) is 4.82. The lowest BCUT2D eigenvalue weighted by Crippen LogP contribution is -2.42. The van der Waals surface area contributed by atoms with E-state index in [2.05, 4.69) is 13.2 Å². The van der Waals surface area contributed by atoms with Gasteiger partial charge in [0.25, 0.3) is 0 Å². The number of rotatable bonds is 8. The van der Waals surface area contributed by atoms with E-state index in [9.17, 15) is 9.59 Å². The van der Waals surface area contributed by atoms with E-state index < -0.39 is 14.0 Å². The van der Waals surface area contributed by atoms with Crippen LogP contribution in [0.25, 0.3) is 0 Å². The molecule has 0 aromatic carbocycles. The SMILES string of the molecule is C=C/C=C/[Si](C)(COC(=O)C=C)COC(=O)C(C)C. The Morgan fingerprint density at radius 1 is 1.21 bits per heavy atom. The highest BCUT2D eigenvalue weighted by Crippen LogP contribution is 2.09. The smallest absolute Gasteiger partial charge is 0.329 e. The third-order valence-corrected chi connectivity index (χ3v) is 4.97. The highest BCUT2D eigenvalue weighted by molar-refractivity contribution is 6.83. The Morgan fingerprint density at radius 3 is 2.26 bits per heavy atom. The van der Waals surface area contributed by atoms with Gasteiger partial charge in [-0.05, 0) is 0 Å². The van der Waals surface area contributed by atoms with Gasteiger partial charge in [-0.2, -0.15) is 0 Å². The molecular weight excluding hydrogens is 260 g/mol. The van der Waals surface area contributed by atoms with E-state index in [4.69, 9.17) is 9.47 Å². The average molecular weight is 282 g/mol. The summed E-state index contributed by atoms with van der Waals surface area (Å²) in [7, 11) is -2.14. The fourth-order valence-electron chi connectivity index (χ4n) is 1.14. The number of hydrogen-bond acceptors (Lipinski definition) is 4. The Balaban J connectivity index is 4.62. The first-order valence-corrected chi connectivity index (χ1v) is 9.10. The predicted molar refractivity (Wildman–Crippen MR) is 77.9 cm³/mol. The zero-order chi connectivity index (χ0) is 14.9. The van der Waals surface area contributed by atoms with Gasteiger partial charge in [-0.3, -0.25) is 4.79 Å². The Kier molecular flexibility index (Phi) is 7.75. The topological polar surface area (TPSA) is 52.6 Å². The number of carbonyl (C=O) groups excluding carboxylic acids is 2. The van der Waals surface area contributed by atoms with E-state index in [-0.39, 0.29) is 24.3 Å². The summed E-state index contributed by atoms with van der Waals surface area (Å²) in [6.07, 6.45) is 5.07. The fraction of sp³-hybridized carbons (Fsp3) is 0.429. The molecule has 0 bridgehead atoms. The maximum absolute atomic E-state index is 11.5. The second kappa shape index (κ2) is 8.47. The van der Waals surface area contributed by atoms with Gasteiger partial charge in [0.05, 0.1) is 18.4 Å². The summed E-state index contributed by atoms with van der Waals surface area (Å²) in [5, 5.41) is 0. The molecule has 0 fully saturated rings. The number of esters is 2. The van der Waals surface area contributed by atoms with Crippen LogP contribution in [0, 0.1) is 5.92 Å². The first-order valence-electron chi connectivity index (χ1n) is 6.10. The molecule has 0 spiro atoms. The van der Waals surface area contributed by atoms with Crippen LogP contribution in [-0.2, 0) is 19.1 Å². The molecule has 0 rings (SSSR count). The van der Waals surface area contributed by atoms with Crippen LogP contribution in [0.5, 0.6) is 0 Å². The highest BCUT2D eigenvalue weighted by atomic mass is 28.3. The lowest BCUT2D eigenvalue weighted by Gasteiger charge is -2.23. The van der Waals surface area contributed by atoms with Gasteiger partial charge in [0.2, 0.25) is 0 Å². The molecule has 0 amide bonds. The van der Waals surface area contributed by atoms with Crippen LogP contribution in [0.2, 0.25) is 6.55 Å². The van der Waals surface area contributed by atoms with Crippen molar-refractivity contribution in [2.24, 2.45) is 5.92 Å². The fourth-order valence-corrected chi connectivity index (χ4v) is 2.96. The summed E-state index contributed by atoms with van der Waals surface area (Å²) in [5.41, 5.74) is 1.93. The number of allylic oxidation sites excluding steroid dienone is 2. The van der Waals surface area contributed by atoms with Crippen LogP contribution in [0.3, 0.4) is 0 Å². The van der Waals surface area contributed by atoms with Crippen molar-refractivity contribution < 1.29 is 19.1 Å². The highest BCUT2D eigenvalue weighted by Gasteiger charge is 2.28. The number of hydrogen-bond donors (Lipinski definition) is 0. The van der Waals surface area contributed by atoms with E-state index in [1.807, 2.05) is 12.2 Å². The summed E-state index contributed by atoms with van der Waals surface area (Å²) >= 11 is 0. The minimum atomic E-state index is -2.14. The molecule has 0 aromatic heterocycles. The van der Waals surface area contributed by atoms with E-state index in [1.165, 1.54) is 0 Å². The van der Waals surface area contributed by atoms with Crippen molar-refractivity contribution in [1.82, 2.24) is 0 Å². The molecule has 1 unspecified atom stereocenters. The summed E-state index contributed by atoms with van der Waals surface area (Å²) in [6.45, 7) is 12.5. The maximum atomic E-state index is 11.5. The molecule has 1 atom stereocenters. The molecule has 0 heterocycles. The van der Waals surface area contributed by atoms with Gasteiger partial charge in [-0.1, -0.05) is 51.4 Å². The first-order chi connectivity index (χ1) is 8.84. The van der Waals surface area contributed by atoms with Crippen LogP contribution in [0.15, 0.2) is 37.1 Å². The molecule has 0 aliphatic carbocycles. The van der Waals surface area contributed by atoms with Crippen LogP contribution >= 0.6 is 0 Å². The number of carbonyl (C=O) groups is 2. The third kappa shape index (κ3) is 7.41. The Labute approximate surface area is 115 Å². The van der Waals surface area contributed by atoms with E-state index in [1.54, 1.807) is 26.0 Å². The number of ether oxygens (including phenoxy) is 2. The Morgan fingerprint density at radius 2 is 1.79 bits per heavy atom. The predicted octanol–water partition coefficient (Wildman–Crippen LogP) is 2.35. The molecule has 0 aromatic rings. The standard InChI is InChI=1S/C14H22O4Si/c1-6-8-9-19(5,10-17-13(15)7-2)11-18-14(16)12(3)4/h6-9,12H,1-2,10-11H2,3-5H3/b9-8+. The van der Waals surface area contributed by atoms with Crippen molar-refractivity contribution in [2.75, 3.05) is 12.5 Å².